The molecule has 0 radical (unpaired) electrons. The van der Waals surface area contributed by atoms with Gasteiger partial charge in [0.25, 0.3) is 0 Å². The predicted molar refractivity (Wildman–Crippen MR) is 67.4 cm³/mol. The molecule has 5 nitrogen and oxygen atoms in total. The van der Waals surface area contributed by atoms with Crippen molar-refractivity contribution in [2.75, 3.05) is 6.61 Å². The van der Waals surface area contributed by atoms with Crippen LogP contribution in [0.5, 0.6) is 0 Å². The highest BCUT2D eigenvalue weighted by molar-refractivity contribution is 5.04. The third kappa shape index (κ3) is 2.52. The Morgan fingerprint density at radius 3 is 2.26 bits per heavy atom. The number of rotatable bonds is 1. The summed E-state index contributed by atoms with van der Waals surface area (Å²) in [6, 6.07) is 0. The van der Waals surface area contributed by atoms with Crippen molar-refractivity contribution in [3.63, 3.8) is 0 Å². The zero-order valence-corrected chi connectivity index (χ0v) is 12.0. The van der Waals surface area contributed by atoms with E-state index in [9.17, 15) is 0 Å². The molecule has 0 aliphatic carbocycles. The van der Waals surface area contributed by atoms with Crippen LogP contribution >= 0.6 is 0 Å². The lowest BCUT2D eigenvalue weighted by atomic mass is 9.97. The molecular weight excluding hydrogens is 248 g/mol. The van der Waals surface area contributed by atoms with E-state index in [0.717, 1.165) is 5.76 Å². The summed E-state index contributed by atoms with van der Waals surface area (Å²) in [5, 5.41) is 0. The quantitative estimate of drug-likeness (QED) is 0.729. The van der Waals surface area contributed by atoms with Crippen molar-refractivity contribution in [3.05, 3.63) is 12.3 Å². The Labute approximate surface area is 113 Å². The first-order chi connectivity index (χ1) is 8.76. The highest BCUT2D eigenvalue weighted by Crippen LogP contribution is 2.41. The fourth-order valence-electron chi connectivity index (χ4n) is 3.00. The van der Waals surface area contributed by atoms with Crippen molar-refractivity contribution < 1.29 is 23.7 Å². The Balaban J connectivity index is 1.78. The second-order valence-electron chi connectivity index (χ2n) is 6.33. The Morgan fingerprint density at radius 2 is 1.63 bits per heavy atom. The molecule has 19 heavy (non-hydrogen) atoms. The molecule has 3 fully saturated rings. The maximum Gasteiger partial charge on any atom is 0.163 e. The van der Waals surface area contributed by atoms with E-state index in [1.165, 1.54) is 0 Å². The van der Waals surface area contributed by atoms with Crippen LogP contribution < -0.4 is 0 Å². The third-order valence-corrected chi connectivity index (χ3v) is 3.67. The Bertz CT molecular complexity index is 389. The van der Waals surface area contributed by atoms with E-state index in [1.54, 1.807) is 0 Å². The largest absolute Gasteiger partial charge is 0.490 e. The average Bonchev–Trinajstić information content (AvgIpc) is 2.75. The maximum absolute atomic E-state index is 5.97. The summed E-state index contributed by atoms with van der Waals surface area (Å²) in [6.07, 6.45) is 0.130. The molecule has 5 heteroatoms. The van der Waals surface area contributed by atoms with E-state index in [4.69, 9.17) is 23.7 Å². The van der Waals surface area contributed by atoms with Gasteiger partial charge in [-0.25, -0.2) is 0 Å². The van der Waals surface area contributed by atoms with E-state index < -0.39 is 11.6 Å². The molecule has 0 aromatic carbocycles. The fourth-order valence-corrected chi connectivity index (χ4v) is 3.00. The Morgan fingerprint density at radius 1 is 0.947 bits per heavy atom. The molecule has 3 rings (SSSR count). The molecule has 0 aromatic rings. The molecule has 3 aliphatic rings. The van der Waals surface area contributed by atoms with Crippen molar-refractivity contribution in [1.29, 1.82) is 0 Å². The van der Waals surface area contributed by atoms with Gasteiger partial charge in [-0.05, 0) is 27.7 Å². The summed E-state index contributed by atoms with van der Waals surface area (Å²) in [5.74, 6) is -0.436. The van der Waals surface area contributed by atoms with E-state index in [1.807, 2.05) is 27.7 Å². The number of hydrogen-bond acceptors (Lipinski definition) is 5. The molecular formula is C14H22O5. The van der Waals surface area contributed by atoms with Crippen LogP contribution in [0.2, 0.25) is 0 Å². The lowest BCUT2D eigenvalue weighted by Gasteiger charge is -2.36. The van der Waals surface area contributed by atoms with E-state index in [2.05, 4.69) is 6.58 Å². The average molecular weight is 270 g/mol. The van der Waals surface area contributed by atoms with Gasteiger partial charge >= 0.3 is 0 Å². The summed E-state index contributed by atoms with van der Waals surface area (Å²) >= 11 is 0. The third-order valence-electron chi connectivity index (χ3n) is 3.67. The summed E-state index contributed by atoms with van der Waals surface area (Å²) in [5.41, 5.74) is 0. The topological polar surface area (TPSA) is 46.2 Å². The van der Waals surface area contributed by atoms with E-state index in [-0.39, 0.29) is 24.4 Å². The van der Waals surface area contributed by atoms with Gasteiger partial charge in [-0.2, -0.15) is 0 Å². The minimum Gasteiger partial charge on any atom is -0.490 e. The van der Waals surface area contributed by atoms with Crippen LogP contribution in [0.25, 0.3) is 0 Å². The number of ether oxygens (including phenoxy) is 5. The SMILES string of the molecule is C=C1C[C@H]2OC(C)(C)O[C@H]2C([C@H]2COC(C)(C)O2)O1. The van der Waals surface area contributed by atoms with Crippen molar-refractivity contribution in [2.24, 2.45) is 0 Å². The molecule has 3 saturated heterocycles. The van der Waals surface area contributed by atoms with Crippen molar-refractivity contribution in [2.45, 2.75) is 70.1 Å². The summed E-state index contributed by atoms with van der Waals surface area (Å²) in [6.45, 7) is 12.1. The second-order valence-corrected chi connectivity index (χ2v) is 6.33. The molecule has 0 amide bonds. The van der Waals surface area contributed by atoms with Gasteiger partial charge in [0.1, 0.15) is 12.2 Å². The summed E-state index contributed by atoms with van der Waals surface area (Å²) < 4.78 is 29.2. The number of hydrogen-bond donors (Lipinski definition) is 0. The highest BCUT2D eigenvalue weighted by atomic mass is 16.8. The standard InChI is InChI=1S/C14H22O5/c1-8-6-9-12(19-14(4,5)17-9)11(16-8)10-7-15-13(2,3)18-10/h9-12H,1,6-7H2,2-5H3/t9-,10-,11?,12-/m1/s1. The van der Waals surface area contributed by atoms with Gasteiger partial charge in [0.05, 0.1) is 18.5 Å². The van der Waals surface area contributed by atoms with Crippen LogP contribution in [0.15, 0.2) is 12.3 Å². The monoisotopic (exact) mass is 270 g/mol. The fraction of sp³-hybridized carbons (Fsp3) is 0.857. The van der Waals surface area contributed by atoms with Crippen molar-refractivity contribution in [3.8, 4) is 0 Å². The molecule has 0 bridgehead atoms. The predicted octanol–water partition coefficient (Wildman–Crippen LogP) is 1.96. The van der Waals surface area contributed by atoms with Crippen LogP contribution in [0.1, 0.15) is 34.1 Å². The first kappa shape index (κ1) is 13.4. The van der Waals surface area contributed by atoms with Crippen LogP contribution in [-0.2, 0) is 23.7 Å². The zero-order chi connectivity index (χ0) is 13.8. The highest BCUT2D eigenvalue weighted by Gasteiger charge is 2.53. The molecule has 1 unspecified atom stereocenters. The normalized spacial score (nSPS) is 43.9. The van der Waals surface area contributed by atoms with E-state index in [0.29, 0.717) is 13.0 Å². The maximum atomic E-state index is 5.97. The first-order valence-electron chi connectivity index (χ1n) is 6.78. The van der Waals surface area contributed by atoms with Gasteiger partial charge in [0.15, 0.2) is 17.7 Å². The summed E-state index contributed by atoms with van der Waals surface area (Å²) in [4.78, 5) is 0. The summed E-state index contributed by atoms with van der Waals surface area (Å²) in [7, 11) is 0. The van der Waals surface area contributed by atoms with Gasteiger partial charge in [-0.1, -0.05) is 6.58 Å². The molecule has 3 aliphatic heterocycles. The second kappa shape index (κ2) is 4.19. The van der Waals surface area contributed by atoms with Gasteiger partial charge < -0.3 is 23.7 Å². The smallest absolute Gasteiger partial charge is 0.163 e. The van der Waals surface area contributed by atoms with Gasteiger partial charge in [-0.15, -0.1) is 0 Å². The van der Waals surface area contributed by atoms with Gasteiger partial charge in [-0.3, -0.25) is 0 Å². The molecule has 108 valence electrons. The van der Waals surface area contributed by atoms with Crippen LogP contribution in [0.4, 0.5) is 0 Å². The van der Waals surface area contributed by atoms with Crippen LogP contribution in [0, 0.1) is 0 Å². The molecule has 4 atom stereocenters. The minimum absolute atomic E-state index is 0.0198. The minimum atomic E-state index is -0.587. The Hall–Kier alpha value is -0.620. The van der Waals surface area contributed by atoms with Gasteiger partial charge in [0, 0.05) is 6.42 Å². The zero-order valence-electron chi connectivity index (χ0n) is 12.0. The van der Waals surface area contributed by atoms with Crippen molar-refractivity contribution in [1.82, 2.24) is 0 Å². The lowest BCUT2D eigenvalue weighted by Crippen LogP contribution is -2.49. The molecule has 0 spiro atoms. The molecule has 0 N–H and O–H groups in total. The molecule has 3 heterocycles. The molecule has 0 saturated carbocycles. The first-order valence-corrected chi connectivity index (χ1v) is 6.78. The Kier molecular flexibility index (Phi) is 2.94. The van der Waals surface area contributed by atoms with Crippen molar-refractivity contribution >= 4 is 0 Å². The van der Waals surface area contributed by atoms with Crippen LogP contribution in [0.3, 0.4) is 0 Å². The number of fused-ring (bicyclic) bond motifs is 1. The van der Waals surface area contributed by atoms with E-state index >= 15 is 0 Å². The molecule has 0 aromatic heterocycles. The lowest BCUT2D eigenvalue weighted by molar-refractivity contribution is -0.182. The van der Waals surface area contributed by atoms with Crippen LogP contribution in [-0.4, -0.2) is 42.6 Å². The van der Waals surface area contributed by atoms with Gasteiger partial charge in [0.2, 0.25) is 0 Å².